The molecule has 2 aliphatic rings. The average molecular weight is 334 g/mol. The first-order valence-corrected chi connectivity index (χ1v) is 9.00. The molecule has 134 valence electrons. The van der Waals surface area contributed by atoms with E-state index in [2.05, 4.69) is 15.9 Å². The molecule has 2 aliphatic heterocycles. The van der Waals surface area contributed by atoms with Crippen molar-refractivity contribution in [2.24, 2.45) is 0 Å². The lowest BCUT2D eigenvalue weighted by atomic mass is 10.0. The van der Waals surface area contributed by atoms with Gasteiger partial charge < -0.3 is 14.2 Å². The molecule has 1 atom stereocenters. The van der Waals surface area contributed by atoms with Crippen LogP contribution < -0.4 is 14.2 Å². The molecule has 0 saturated carbocycles. The van der Waals surface area contributed by atoms with Crippen LogP contribution in [0.4, 0.5) is 0 Å². The molecule has 0 N–H and O–H groups in total. The summed E-state index contributed by atoms with van der Waals surface area (Å²) in [5.41, 5.74) is 1.16. The highest BCUT2D eigenvalue weighted by molar-refractivity contribution is 5.50. The molecule has 0 unspecified atom stereocenters. The van der Waals surface area contributed by atoms with E-state index in [1.807, 2.05) is 6.07 Å². The molecule has 5 heteroatoms. The van der Waals surface area contributed by atoms with Gasteiger partial charge in [-0.25, -0.2) is 0 Å². The fourth-order valence-corrected chi connectivity index (χ4v) is 4.04. The van der Waals surface area contributed by atoms with Gasteiger partial charge in [-0.2, -0.15) is 0 Å². The number of rotatable bonds is 6. The second-order valence-corrected chi connectivity index (χ2v) is 6.79. The van der Waals surface area contributed by atoms with Crippen molar-refractivity contribution in [1.29, 1.82) is 0 Å². The van der Waals surface area contributed by atoms with Crippen molar-refractivity contribution in [3.8, 4) is 17.2 Å². The smallest absolute Gasteiger partial charge is 0.164 e. The zero-order valence-electron chi connectivity index (χ0n) is 15.2. The second kappa shape index (κ2) is 8.08. The van der Waals surface area contributed by atoms with Gasteiger partial charge in [-0.05, 0) is 51.4 Å². The Labute approximate surface area is 145 Å². The first-order chi connectivity index (χ1) is 11.7. The summed E-state index contributed by atoms with van der Waals surface area (Å²) in [6, 6.07) is 4.69. The zero-order valence-corrected chi connectivity index (χ0v) is 15.2. The first-order valence-electron chi connectivity index (χ1n) is 9.00. The molecule has 0 radical (unpaired) electrons. The summed E-state index contributed by atoms with van der Waals surface area (Å²) in [7, 11) is 5.05. The quantitative estimate of drug-likeness (QED) is 0.799. The van der Waals surface area contributed by atoms with E-state index in [1.54, 1.807) is 21.3 Å². The van der Waals surface area contributed by atoms with Crippen LogP contribution in [0.1, 0.15) is 31.2 Å². The highest BCUT2D eigenvalue weighted by Gasteiger charge is 2.27. The van der Waals surface area contributed by atoms with Crippen LogP contribution in [0.3, 0.4) is 0 Å². The van der Waals surface area contributed by atoms with Gasteiger partial charge in [0.05, 0.1) is 21.3 Å². The zero-order chi connectivity index (χ0) is 16.9. The largest absolute Gasteiger partial charge is 0.496 e. The SMILES string of the molecule is COc1cc(OC)c(OC)cc1CN1CCC[C@H](N2CCCC2)C1. The molecule has 2 heterocycles. The highest BCUT2D eigenvalue weighted by Crippen LogP contribution is 2.35. The minimum Gasteiger partial charge on any atom is -0.496 e. The molecule has 1 aromatic carbocycles. The van der Waals surface area contributed by atoms with Gasteiger partial charge in [-0.3, -0.25) is 9.80 Å². The summed E-state index contributed by atoms with van der Waals surface area (Å²) in [5.74, 6) is 2.35. The standard InChI is InChI=1S/C19H30N2O3/c1-22-17-12-19(24-3)18(23-2)11-15(17)13-20-8-6-7-16(14-20)21-9-4-5-10-21/h11-12,16H,4-10,13-14H2,1-3H3/t16-/m0/s1. The van der Waals surface area contributed by atoms with Gasteiger partial charge in [-0.15, -0.1) is 0 Å². The predicted molar refractivity (Wildman–Crippen MR) is 95.2 cm³/mol. The van der Waals surface area contributed by atoms with Gasteiger partial charge in [0.15, 0.2) is 11.5 Å². The third-order valence-electron chi connectivity index (χ3n) is 5.32. The van der Waals surface area contributed by atoms with Gasteiger partial charge in [0.1, 0.15) is 5.75 Å². The van der Waals surface area contributed by atoms with E-state index < -0.39 is 0 Å². The van der Waals surface area contributed by atoms with E-state index in [1.165, 1.54) is 38.8 Å². The third kappa shape index (κ3) is 3.78. The van der Waals surface area contributed by atoms with E-state index in [0.29, 0.717) is 11.8 Å². The molecular formula is C19H30N2O3. The maximum absolute atomic E-state index is 5.58. The number of hydrogen-bond acceptors (Lipinski definition) is 5. The van der Waals surface area contributed by atoms with E-state index in [0.717, 1.165) is 36.7 Å². The van der Waals surface area contributed by atoms with Crippen molar-refractivity contribution < 1.29 is 14.2 Å². The third-order valence-corrected chi connectivity index (χ3v) is 5.32. The molecule has 0 amide bonds. The molecule has 2 fully saturated rings. The number of nitrogens with zero attached hydrogens (tertiary/aromatic N) is 2. The number of benzene rings is 1. The van der Waals surface area contributed by atoms with Crippen LogP contribution in [0.5, 0.6) is 17.2 Å². The fourth-order valence-electron chi connectivity index (χ4n) is 4.04. The number of likely N-dealkylation sites (tertiary alicyclic amines) is 2. The van der Waals surface area contributed by atoms with Crippen molar-refractivity contribution in [2.45, 2.75) is 38.3 Å². The Balaban J connectivity index is 1.72. The van der Waals surface area contributed by atoms with Gasteiger partial charge in [0.2, 0.25) is 0 Å². The Bertz CT molecular complexity index is 544. The lowest BCUT2D eigenvalue weighted by Crippen LogP contribution is -2.46. The molecule has 0 bridgehead atoms. The Kier molecular flexibility index (Phi) is 5.85. The molecule has 2 saturated heterocycles. The molecule has 0 spiro atoms. The highest BCUT2D eigenvalue weighted by atomic mass is 16.5. The number of piperidine rings is 1. The average Bonchev–Trinajstić information content (AvgIpc) is 3.16. The Morgan fingerprint density at radius 3 is 2.21 bits per heavy atom. The van der Waals surface area contributed by atoms with Crippen molar-refractivity contribution >= 4 is 0 Å². The van der Waals surface area contributed by atoms with Crippen molar-refractivity contribution in [1.82, 2.24) is 9.80 Å². The van der Waals surface area contributed by atoms with Crippen LogP contribution in [0.15, 0.2) is 12.1 Å². The Hall–Kier alpha value is -1.46. The summed E-state index contributed by atoms with van der Waals surface area (Å²) in [5, 5.41) is 0. The second-order valence-electron chi connectivity index (χ2n) is 6.79. The lowest BCUT2D eigenvalue weighted by molar-refractivity contribution is 0.110. The maximum Gasteiger partial charge on any atom is 0.164 e. The van der Waals surface area contributed by atoms with Crippen molar-refractivity contribution in [3.63, 3.8) is 0 Å². The van der Waals surface area contributed by atoms with E-state index in [4.69, 9.17) is 14.2 Å². The molecule has 3 rings (SSSR count). The molecule has 5 nitrogen and oxygen atoms in total. The number of methoxy groups -OCH3 is 3. The maximum atomic E-state index is 5.58. The molecule has 0 aliphatic carbocycles. The molecular weight excluding hydrogens is 304 g/mol. The summed E-state index contributed by atoms with van der Waals surface area (Å²) >= 11 is 0. The van der Waals surface area contributed by atoms with Crippen molar-refractivity contribution in [3.05, 3.63) is 17.7 Å². The van der Waals surface area contributed by atoms with Gasteiger partial charge in [0.25, 0.3) is 0 Å². The first kappa shape index (κ1) is 17.4. The summed E-state index contributed by atoms with van der Waals surface area (Å²) in [6.45, 7) is 5.75. The minimum absolute atomic E-state index is 0.715. The van der Waals surface area contributed by atoms with Crippen LogP contribution >= 0.6 is 0 Å². The van der Waals surface area contributed by atoms with Crippen LogP contribution in [0, 0.1) is 0 Å². The van der Waals surface area contributed by atoms with Crippen LogP contribution in [-0.4, -0.2) is 63.4 Å². The monoisotopic (exact) mass is 334 g/mol. The fraction of sp³-hybridized carbons (Fsp3) is 0.684. The summed E-state index contributed by atoms with van der Waals surface area (Å²) in [6.07, 6.45) is 5.33. The van der Waals surface area contributed by atoms with E-state index >= 15 is 0 Å². The van der Waals surface area contributed by atoms with Crippen LogP contribution in [-0.2, 0) is 6.54 Å². The van der Waals surface area contributed by atoms with Gasteiger partial charge in [-0.1, -0.05) is 0 Å². The van der Waals surface area contributed by atoms with Gasteiger partial charge >= 0.3 is 0 Å². The van der Waals surface area contributed by atoms with Crippen molar-refractivity contribution in [2.75, 3.05) is 47.5 Å². The van der Waals surface area contributed by atoms with E-state index in [9.17, 15) is 0 Å². The number of ether oxygens (including phenoxy) is 3. The van der Waals surface area contributed by atoms with Crippen LogP contribution in [0.25, 0.3) is 0 Å². The summed E-state index contributed by atoms with van der Waals surface area (Å²) < 4.78 is 16.4. The normalized spacial score (nSPS) is 22.5. The minimum atomic E-state index is 0.715. The Morgan fingerprint density at radius 1 is 0.875 bits per heavy atom. The topological polar surface area (TPSA) is 34.2 Å². The lowest BCUT2D eigenvalue weighted by Gasteiger charge is -2.37. The van der Waals surface area contributed by atoms with Crippen LogP contribution in [0.2, 0.25) is 0 Å². The molecule has 24 heavy (non-hydrogen) atoms. The van der Waals surface area contributed by atoms with E-state index in [-0.39, 0.29) is 0 Å². The molecule has 1 aromatic rings. The molecule has 0 aromatic heterocycles. The number of hydrogen-bond donors (Lipinski definition) is 0. The summed E-state index contributed by atoms with van der Waals surface area (Å²) in [4.78, 5) is 5.23. The predicted octanol–water partition coefficient (Wildman–Crippen LogP) is 2.77. The Morgan fingerprint density at radius 2 is 1.54 bits per heavy atom. The van der Waals surface area contributed by atoms with Gasteiger partial charge in [0, 0.05) is 30.8 Å².